The van der Waals surface area contributed by atoms with Crippen molar-refractivity contribution in [1.82, 2.24) is 0 Å². The van der Waals surface area contributed by atoms with Gasteiger partial charge in [0.2, 0.25) is 0 Å². The minimum Gasteiger partial charge on any atom is -0.289 e. The van der Waals surface area contributed by atoms with Gasteiger partial charge in [-0.15, -0.1) is 0 Å². The van der Waals surface area contributed by atoms with Gasteiger partial charge in [-0.1, -0.05) is 60.5 Å². The zero-order valence-corrected chi connectivity index (χ0v) is 12.6. The first-order valence-corrected chi connectivity index (χ1v) is 7.12. The van der Waals surface area contributed by atoms with Gasteiger partial charge in [0.05, 0.1) is 5.02 Å². The van der Waals surface area contributed by atoms with Crippen LogP contribution in [0.1, 0.15) is 28.4 Å². The van der Waals surface area contributed by atoms with Crippen molar-refractivity contribution < 1.29 is 4.79 Å². The molecule has 0 aliphatic rings. The Morgan fingerprint density at radius 1 is 1.10 bits per heavy atom. The molecule has 0 aromatic heterocycles. The lowest BCUT2D eigenvalue weighted by molar-refractivity contribution is 0.104. The Morgan fingerprint density at radius 3 is 2.40 bits per heavy atom. The van der Waals surface area contributed by atoms with E-state index in [0.29, 0.717) is 15.6 Å². The summed E-state index contributed by atoms with van der Waals surface area (Å²) >= 11 is 11.8. The van der Waals surface area contributed by atoms with Gasteiger partial charge < -0.3 is 0 Å². The average molecular weight is 305 g/mol. The monoisotopic (exact) mass is 304 g/mol. The lowest BCUT2D eigenvalue weighted by Gasteiger charge is -2.00. The van der Waals surface area contributed by atoms with Crippen LogP contribution in [-0.2, 0) is 6.42 Å². The maximum absolute atomic E-state index is 12.1. The van der Waals surface area contributed by atoms with Gasteiger partial charge in [0.1, 0.15) is 0 Å². The maximum Gasteiger partial charge on any atom is 0.187 e. The van der Waals surface area contributed by atoms with E-state index < -0.39 is 0 Å². The fourth-order valence-corrected chi connectivity index (χ4v) is 2.32. The molecule has 0 unspecified atom stereocenters. The summed E-state index contributed by atoms with van der Waals surface area (Å²) in [6, 6.07) is 13.0. The largest absolute Gasteiger partial charge is 0.289 e. The third kappa shape index (κ3) is 3.72. The summed E-state index contributed by atoms with van der Waals surface area (Å²) in [5.41, 5.74) is 2.72. The summed E-state index contributed by atoms with van der Waals surface area (Å²) < 4.78 is 0. The summed E-state index contributed by atoms with van der Waals surface area (Å²) in [4.78, 5) is 12.1. The van der Waals surface area contributed by atoms with E-state index in [2.05, 4.69) is 19.1 Å². The van der Waals surface area contributed by atoms with Crippen molar-refractivity contribution in [2.45, 2.75) is 13.3 Å². The fraction of sp³-hybridized carbons (Fsp3) is 0.118. The van der Waals surface area contributed by atoms with Crippen LogP contribution in [0.5, 0.6) is 0 Å². The summed E-state index contributed by atoms with van der Waals surface area (Å²) in [5.74, 6) is -0.133. The fourth-order valence-electron chi connectivity index (χ4n) is 1.82. The van der Waals surface area contributed by atoms with Crippen molar-refractivity contribution in [3.05, 3.63) is 75.3 Å². The SMILES string of the molecule is CCc1ccc(C=CC(=O)c2ccc(Cl)cc2Cl)cc1. The summed E-state index contributed by atoms with van der Waals surface area (Å²) in [6.07, 6.45) is 4.31. The number of allylic oxidation sites excluding steroid dienone is 1. The van der Waals surface area contributed by atoms with Crippen LogP contribution in [0.2, 0.25) is 10.0 Å². The second kappa shape index (κ2) is 6.74. The van der Waals surface area contributed by atoms with E-state index in [0.717, 1.165) is 12.0 Å². The van der Waals surface area contributed by atoms with Crippen LogP contribution in [0.3, 0.4) is 0 Å². The van der Waals surface area contributed by atoms with Gasteiger partial charge in [-0.05, 0) is 41.8 Å². The molecule has 2 aromatic carbocycles. The Labute approximate surface area is 128 Å². The van der Waals surface area contributed by atoms with Crippen LogP contribution < -0.4 is 0 Å². The number of hydrogen-bond donors (Lipinski definition) is 0. The summed E-state index contributed by atoms with van der Waals surface area (Å²) in [6.45, 7) is 2.11. The maximum atomic E-state index is 12.1. The number of carbonyl (C=O) groups excluding carboxylic acids is 1. The Morgan fingerprint density at radius 2 is 1.80 bits per heavy atom. The number of rotatable bonds is 4. The molecule has 0 saturated carbocycles. The molecule has 0 amide bonds. The highest BCUT2D eigenvalue weighted by molar-refractivity contribution is 6.37. The third-order valence-electron chi connectivity index (χ3n) is 3.01. The highest BCUT2D eigenvalue weighted by atomic mass is 35.5. The molecule has 0 aliphatic heterocycles. The molecule has 0 heterocycles. The van der Waals surface area contributed by atoms with Crippen molar-refractivity contribution in [2.75, 3.05) is 0 Å². The van der Waals surface area contributed by atoms with Crippen molar-refractivity contribution >= 4 is 35.1 Å². The van der Waals surface area contributed by atoms with Crippen LogP contribution >= 0.6 is 23.2 Å². The van der Waals surface area contributed by atoms with E-state index in [4.69, 9.17) is 23.2 Å². The average Bonchev–Trinajstić information content (AvgIpc) is 2.45. The van der Waals surface area contributed by atoms with E-state index in [-0.39, 0.29) is 5.78 Å². The van der Waals surface area contributed by atoms with Gasteiger partial charge in [0.15, 0.2) is 5.78 Å². The van der Waals surface area contributed by atoms with E-state index in [1.54, 1.807) is 24.3 Å². The topological polar surface area (TPSA) is 17.1 Å². The number of hydrogen-bond acceptors (Lipinski definition) is 1. The molecule has 0 radical (unpaired) electrons. The highest BCUT2D eigenvalue weighted by Gasteiger charge is 2.07. The Kier molecular flexibility index (Phi) is 4.99. The predicted molar refractivity (Wildman–Crippen MR) is 85.6 cm³/mol. The first-order valence-electron chi connectivity index (χ1n) is 6.36. The van der Waals surface area contributed by atoms with Crippen molar-refractivity contribution in [3.63, 3.8) is 0 Å². The lowest BCUT2D eigenvalue weighted by Crippen LogP contribution is -1.95. The Hall–Kier alpha value is -1.57. The van der Waals surface area contributed by atoms with Gasteiger partial charge in [-0.2, -0.15) is 0 Å². The van der Waals surface area contributed by atoms with Crippen molar-refractivity contribution in [2.24, 2.45) is 0 Å². The number of ketones is 1. The Bertz CT molecular complexity index is 643. The first kappa shape index (κ1) is 14.8. The smallest absolute Gasteiger partial charge is 0.187 e. The Balaban J connectivity index is 2.15. The molecule has 2 aromatic rings. The molecule has 0 N–H and O–H groups in total. The lowest BCUT2D eigenvalue weighted by atomic mass is 10.1. The van der Waals surface area contributed by atoms with E-state index in [1.807, 2.05) is 12.1 Å². The van der Waals surface area contributed by atoms with Crippen LogP contribution in [-0.4, -0.2) is 5.78 Å². The van der Waals surface area contributed by atoms with Gasteiger partial charge in [0.25, 0.3) is 0 Å². The van der Waals surface area contributed by atoms with Crippen LogP contribution in [0, 0.1) is 0 Å². The molecule has 20 heavy (non-hydrogen) atoms. The van der Waals surface area contributed by atoms with Gasteiger partial charge >= 0.3 is 0 Å². The van der Waals surface area contributed by atoms with E-state index >= 15 is 0 Å². The van der Waals surface area contributed by atoms with Gasteiger partial charge in [-0.25, -0.2) is 0 Å². The molecule has 2 rings (SSSR count). The summed E-state index contributed by atoms with van der Waals surface area (Å²) in [7, 11) is 0. The molecule has 0 saturated heterocycles. The van der Waals surface area contributed by atoms with Gasteiger partial charge in [-0.3, -0.25) is 4.79 Å². The minimum absolute atomic E-state index is 0.133. The molecular formula is C17H14Cl2O. The number of aryl methyl sites for hydroxylation is 1. The third-order valence-corrected chi connectivity index (χ3v) is 3.56. The molecule has 3 heteroatoms. The number of carbonyl (C=O) groups is 1. The minimum atomic E-state index is -0.133. The number of benzene rings is 2. The number of halogens is 2. The molecule has 1 nitrogen and oxygen atoms in total. The molecule has 0 fully saturated rings. The highest BCUT2D eigenvalue weighted by Crippen LogP contribution is 2.22. The molecule has 0 bridgehead atoms. The second-order valence-corrected chi connectivity index (χ2v) is 5.26. The molecule has 0 spiro atoms. The zero-order valence-electron chi connectivity index (χ0n) is 11.1. The first-order chi connectivity index (χ1) is 9.60. The second-order valence-electron chi connectivity index (χ2n) is 4.42. The van der Waals surface area contributed by atoms with Crippen LogP contribution in [0.4, 0.5) is 0 Å². The zero-order chi connectivity index (χ0) is 14.5. The van der Waals surface area contributed by atoms with Gasteiger partial charge in [0, 0.05) is 10.6 Å². The molecule has 102 valence electrons. The standard InChI is InChI=1S/C17H14Cl2O/c1-2-12-3-5-13(6-4-12)7-10-17(20)15-9-8-14(18)11-16(15)19/h3-11H,2H2,1H3. The van der Waals surface area contributed by atoms with Crippen LogP contribution in [0.25, 0.3) is 6.08 Å². The summed E-state index contributed by atoms with van der Waals surface area (Å²) in [5, 5.41) is 0.888. The quantitative estimate of drug-likeness (QED) is 0.542. The van der Waals surface area contributed by atoms with Crippen molar-refractivity contribution in [1.29, 1.82) is 0 Å². The van der Waals surface area contributed by atoms with Crippen molar-refractivity contribution in [3.8, 4) is 0 Å². The van der Waals surface area contributed by atoms with Crippen LogP contribution in [0.15, 0.2) is 48.5 Å². The predicted octanol–water partition coefficient (Wildman–Crippen LogP) is 5.45. The van der Waals surface area contributed by atoms with E-state index in [9.17, 15) is 4.79 Å². The molecular weight excluding hydrogens is 291 g/mol. The van der Waals surface area contributed by atoms with E-state index in [1.165, 1.54) is 11.6 Å². The molecule has 0 atom stereocenters. The molecule has 0 aliphatic carbocycles. The normalized spacial score (nSPS) is 10.9.